The molecule has 8 nitrogen and oxygen atoms in total. The fourth-order valence-corrected chi connectivity index (χ4v) is 1.28. The molecular formula is C8H8NO7P. The zero-order valence-electron chi connectivity index (χ0n) is 8.35. The lowest BCUT2D eigenvalue weighted by Gasteiger charge is -2.04. The molecule has 0 unspecified atom stereocenters. The van der Waals surface area contributed by atoms with Crippen LogP contribution in [0.4, 0.5) is 5.69 Å². The monoisotopic (exact) mass is 261 g/mol. The molecule has 17 heavy (non-hydrogen) atoms. The highest BCUT2D eigenvalue weighted by molar-refractivity contribution is 7.46. The van der Waals surface area contributed by atoms with Crippen LogP contribution in [-0.4, -0.2) is 27.1 Å². The number of phosphoric ester groups is 1. The minimum atomic E-state index is -4.69. The summed E-state index contributed by atoms with van der Waals surface area (Å²) in [4.78, 5) is 37.8. The lowest BCUT2D eigenvalue weighted by molar-refractivity contribution is -0.384. The predicted molar refractivity (Wildman–Crippen MR) is 55.4 cm³/mol. The van der Waals surface area contributed by atoms with Crippen molar-refractivity contribution in [3.05, 3.63) is 39.9 Å². The summed E-state index contributed by atoms with van der Waals surface area (Å²) in [5.74, 6) is -0.678. The first-order valence-electron chi connectivity index (χ1n) is 4.27. The maximum Gasteiger partial charge on any atom is 0.470 e. The van der Waals surface area contributed by atoms with Crippen molar-refractivity contribution in [2.75, 3.05) is 6.61 Å². The highest BCUT2D eigenvalue weighted by Crippen LogP contribution is 2.35. The highest BCUT2D eigenvalue weighted by Gasteiger charge is 2.17. The maximum absolute atomic E-state index is 11.3. The van der Waals surface area contributed by atoms with Gasteiger partial charge in [0, 0.05) is 17.7 Å². The number of carbonyl (C=O) groups is 1. The Bertz CT molecular complexity index is 477. The second-order valence-electron chi connectivity index (χ2n) is 2.99. The summed E-state index contributed by atoms with van der Waals surface area (Å²) < 4.78 is 14.3. The van der Waals surface area contributed by atoms with Crippen molar-refractivity contribution in [3.8, 4) is 0 Å². The van der Waals surface area contributed by atoms with Crippen LogP contribution in [0.2, 0.25) is 0 Å². The van der Waals surface area contributed by atoms with Crippen LogP contribution < -0.4 is 0 Å². The van der Waals surface area contributed by atoms with E-state index in [2.05, 4.69) is 4.52 Å². The van der Waals surface area contributed by atoms with E-state index in [0.29, 0.717) is 0 Å². The minimum Gasteiger partial charge on any atom is -0.303 e. The van der Waals surface area contributed by atoms with Gasteiger partial charge in [-0.25, -0.2) is 4.57 Å². The molecule has 0 spiro atoms. The maximum atomic E-state index is 11.3. The number of hydrogen-bond donors (Lipinski definition) is 2. The van der Waals surface area contributed by atoms with Crippen LogP contribution in [0, 0.1) is 10.1 Å². The molecule has 1 rings (SSSR count). The van der Waals surface area contributed by atoms with Gasteiger partial charge in [-0.05, 0) is 12.1 Å². The van der Waals surface area contributed by atoms with Crippen molar-refractivity contribution >= 4 is 19.3 Å². The van der Waals surface area contributed by atoms with Crippen LogP contribution in [0.3, 0.4) is 0 Å². The molecule has 1 aromatic carbocycles. The summed E-state index contributed by atoms with van der Waals surface area (Å²) in [7, 11) is -4.69. The molecule has 0 aliphatic rings. The number of carbonyl (C=O) groups excluding carboxylic acids is 1. The van der Waals surface area contributed by atoms with E-state index >= 15 is 0 Å². The Morgan fingerprint density at radius 1 is 1.35 bits per heavy atom. The van der Waals surface area contributed by atoms with Crippen molar-refractivity contribution in [1.82, 2.24) is 0 Å². The molecule has 1 aromatic rings. The fraction of sp³-hybridized carbons (Fsp3) is 0.125. The molecule has 0 heterocycles. The molecule has 9 heteroatoms. The van der Waals surface area contributed by atoms with E-state index < -0.39 is 25.1 Å². The smallest absolute Gasteiger partial charge is 0.303 e. The lowest BCUT2D eigenvalue weighted by Crippen LogP contribution is -2.07. The Labute approximate surface area is 95.2 Å². The molecule has 0 radical (unpaired) electrons. The van der Waals surface area contributed by atoms with E-state index in [0.717, 1.165) is 12.1 Å². The summed E-state index contributed by atoms with van der Waals surface area (Å²) in [6.45, 7) is -0.790. The largest absolute Gasteiger partial charge is 0.470 e. The Hall–Kier alpha value is -1.60. The van der Waals surface area contributed by atoms with Crippen LogP contribution >= 0.6 is 7.82 Å². The normalized spacial score (nSPS) is 11.2. The van der Waals surface area contributed by atoms with Crippen LogP contribution in [-0.2, 0) is 9.09 Å². The summed E-state index contributed by atoms with van der Waals surface area (Å²) in [5.41, 5.74) is -0.110. The second kappa shape index (κ2) is 5.15. The predicted octanol–water partition coefficient (Wildman–Crippen LogP) is 0.887. The number of rotatable bonds is 5. The van der Waals surface area contributed by atoms with Gasteiger partial charge in [0.2, 0.25) is 0 Å². The van der Waals surface area contributed by atoms with Crippen molar-refractivity contribution in [3.63, 3.8) is 0 Å². The van der Waals surface area contributed by atoms with Gasteiger partial charge in [-0.2, -0.15) is 0 Å². The zero-order chi connectivity index (χ0) is 13.1. The minimum absolute atomic E-state index is 0.0732. The van der Waals surface area contributed by atoms with Gasteiger partial charge < -0.3 is 9.79 Å². The molecule has 0 atom stereocenters. The number of non-ortho nitro benzene ring substituents is 1. The van der Waals surface area contributed by atoms with E-state index in [9.17, 15) is 19.5 Å². The second-order valence-corrected chi connectivity index (χ2v) is 4.23. The topological polar surface area (TPSA) is 127 Å². The van der Waals surface area contributed by atoms with Crippen LogP contribution in [0.1, 0.15) is 10.4 Å². The molecule has 0 amide bonds. The van der Waals surface area contributed by atoms with Gasteiger partial charge in [-0.15, -0.1) is 0 Å². The molecule has 0 saturated heterocycles. The van der Waals surface area contributed by atoms with Crippen LogP contribution in [0.5, 0.6) is 0 Å². The zero-order valence-corrected chi connectivity index (χ0v) is 9.24. The number of Topliss-reactive ketones (excluding diaryl/α,β-unsaturated/α-hetero) is 1. The Morgan fingerprint density at radius 3 is 2.29 bits per heavy atom. The van der Waals surface area contributed by atoms with Gasteiger partial charge in [-0.1, -0.05) is 0 Å². The number of benzene rings is 1. The third-order valence-electron chi connectivity index (χ3n) is 1.76. The average molecular weight is 261 g/mol. The molecule has 92 valence electrons. The number of nitro groups is 1. The third-order valence-corrected chi connectivity index (χ3v) is 2.23. The van der Waals surface area contributed by atoms with Crippen molar-refractivity contribution in [2.45, 2.75) is 0 Å². The first kappa shape index (κ1) is 13.5. The molecule has 2 N–H and O–H groups in total. The molecule has 0 aromatic heterocycles. The van der Waals surface area contributed by atoms with Crippen LogP contribution in [0.15, 0.2) is 24.3 Å². The molecule has 0 saturated carbocycles. The van der Waals surface area contributed by atoms with E-state index in [4.69, 9.17) is 9.79 Å². The highest BCUT2D eigenvalue weighted by atomic mass is 31.2. The van der Waals surface area contributed by atoms with E-state index in [1.165, 1.54) is 12.1 Å². The number of nitrogens with zero attached hydrogens (tertiary/aromatic N) is 1. The van der Waals surface area contributed by atoms with Gasteiger partial charge in [-0.3, -0.25) is 19.4 Å². The summed E-state index contributed by atoms with van der Waals surface area (Å²) in [6, 6.07) is 4.60. The van der Waals surface area contributed by atoms with Gasteiger partial charge in [0.1, 0.15) is 6.61 Å². The lowest BCUT2D eigenvalue weighted by atomic mass is 10.1. The molecule has 0 bridgehead atoms. The van der Waals surface area contributed by atoms with Crippen molar-refractivity contribution < 1.29 is 28.6 Å². The molecule has 0 aliphatic carbocycles. The van der Waals surface area contributed by atoms with Gasteiger partial charge in [0.25, 0.3) is 5.69 Å². The Morgan fingerprint density at radius 2 is 1.88 bits per heavy atom. The Kier molecular flexibility index (Phi) is 4.08. The standard InChI is InChI=1S/C8H8NO7P/c10-8(5-16-17(13,14)15)6-1-3-7(4-2-6)9(11)12/h1-4H,5H2,(H2,13,14,15). The number of ketones is 1. The first-order chi connectivity index (χ1) is 7.79. The van der Waals surface area contributed by atoms with Crippen molar-refractivity contribution in [1.29, 1.82) is 0 Å². The van der Waals surface area contributed by atoms with E-state index in [-0.39, 0.29) is 11.3 Å². The number of hydrogen-bond acceptors (Lipinski definition) is 5. The third kappa shape index (κ3) is 4.41. The SMILES string of the molecule is O=C(COP(=O)(O)O)c1ccc([N+](=O)[O-])cc1. The molecular weight excluding hydrogens is 253 g/mol. The van der Waals surface area contributed by atoms with Gasteiger partial charge >= 0.3 is 7.82 Å². The van der Waals surface area contributed by atoms with Crippen LogP contribution in [0.25, 0.3) is 0 Å². The fourth-order valence-electron chi connectivity index (χ4n) is 0.995. The Balaban J connectivity index is 2.70. The quantitative estimate of drug-likeness (QED) is 0.348. The molecule has 0 fully saturated rings. The van der Waals surface area contributed by atoms with Gasteiger partial charge in [0.15, 0.2) is 5.78 Å². The van der Waals surface area contributed by atoms with Gasteiger partial charge in [0.05, 0.1) is 4.92 Å². The summed E-state index contributed by atoms with van der Waals surface area (Å²) in [6.07, 6.45) is 0. The van der Waals surface area contributed by atoms with Crippen molar-refractivity contribution in [2.24, 2.45) is 0 Å². The summed E-state index contributed by atoms with van der Waals surface area (Å²) >= 11 is 0. The summed E-state index contributed by atoms with van der Waals surface area (Å²) in [5, 5.41) is 10.3. The molecule has 0 aliphatic heterocycles. The van der Waals surface area contributed by atoms with E-state index in [1.54, 1.807) is 0 Å². The first-order valence-corrected chi connectivity index (χ1v) is 5.80. The number of phosphoric acid groups is 1. The average Bonchev–Trinajstić information content (AvgIpc) is 2.25. The van der Waals surface area contributed by atoms with E-state index in [1.807, 2.05) is 0 Å². The number of nitro benzene ring substituents is 1.